The van der Waals surface area contributed by atoms with Crippen LogP contribution in [-0.2, 0) is 25.5 Å². The Kier molecular flexibility index (Phi) is 6.38. The molecule has 0 aliphatic carbocycles. The smallest absolute Gasteiger partial charge is 0.469 e. The quantitative estimate of drug-likeness (QED) is 0.792. The molecule has 0 amide bonds. The molecule has 23 heavy (non-hydrogen) atoms. The second-order valence-corrected chi connectivity index (χ2v) is 4.49. The summed E-state index contributed by atoms with van der Waals surface area (Å²) in [6.07, 6.45) is -6.69. The Morgan fingerprint density at radius 1 is 1.09 bits per heavy atom. The van der Waals surface area contributed by atoms with Crippen LogP contribution in [-0.4, -0.2) is 43.7 Å². The van der Waals surface area contributed by atoms with E-state index in [1.54, 1.807) is 0 Å². The van der Waals surface area contributed by atoms with Gasteiger partial charge < -0.3 is 19.3 Å². The van der Waals surface area contributed by atoms with Crippen molar-refractivity contribution in [2.45, 2.75) is 18.9 Å². The van der Waals surface area contributed by atoms with Gasteiger partial charge in [-0.25, -0.2) is 4.79 Å². The lowest BCUT2D eigenvalue weighted by molar-refractivity contribution is -0.274. The Morgan fingerprint density at radius 2 is 1.61 bits per heavy atom. The lowest BCUT2D eigenvalue weighted by Gasteiger charge is -2.19. The Bertz CT molecular complexity index is 540. The summed E-state index contributed by atoms with van der Waals surface area (Å²) < 4.78 is 48.8. The molecule has 1 N–H and O–H groups in total. The molecule has 0 aliphatic heterocycles. The molecule has 0 bridgehead atoms. The maximum atomic E-state index is 12.1. The van der Waals surface area contributed by atoms with Gasteiger partial charge in [-0.3, -0.25) is 4.79 Å². The number of alkyl halides is 3. The highest BCUT2D eigenvalue weighted by atomic mass is 19.4. The summed E-state index contributed by atoms with van der Waals surface area (Å²) in [7, 11) is 2.13. The molecule has 0 aromatic heterocycles. The van der Waals surface area contributed by atoms with Crippen LogP contribution in [0.5, 0.6) is 5.75 Å². The van der Waals surface area contributed by atoms with Gasteiger partial charge in [0.25, 0.3) is 0 Å². The normalized spacial score (nSPS) is 13.8. The van der Waals surface area contributed by atoms with Crippen LogP contribution >= 0.6 is 0 Å². The van der Waals surface area contributed by atoms with E-state index in [4.69, 9.17) is 0 Å². The zero-order chi connectivity index (χ0) is 17.6. The van der Waals surface area contributed by atoms with Crippen molar-refractivity contribution in [3.05, 3.63) is 29.8 Å². The molecule has 1 aromatic carbocycles. The van der Waals surface area contributed by atoms with Crippen LogP contribution < -0.4 is 4.74 Å². The second kappa shape index (κ2) is 7.82. The van der Waals surface area contributed by atoms with E-state index in [1.807, 2.05) is 0 Å². The highest BCUT2D eigenvalue weighted by Crippen LogP contribution is 2.24. The molecule has 0 spiro atoms. The summed E-state index contributed by atoms with van der Waals surface area (Å²) in [5.74, 6) is -3.54. The fraction of sp³-hybridized carbons (Fsp3) is 0.429. The van der Waals surface area contributed by atoms with Crippen LogP contribution in [0.15, 0.2) is 24.3 Å². The van der Waals surface area contributed by atoms with E-state index < -0.39 is 36.1 Å². The third-order valence-electron chi connectivity index (χ3n) is 2.94. The number of aliphatic hydroxyl groups is 1. The molecule has 0 saturated heterocycles. The summed E-state index contributed by atoms with van der Waals surface area (Å²) in [5.41, 5.74) is 0.401. The molecule has 0 fully saturated rings. The van der Waals surface area contributed by atoms with Crippen molar-refractivity contribution in [3.8, 4) is 5.75 Å². The Hall–Kier alpha value is -2.29. The minimum atomic E-state index is -4.81. The molecule has 0 radical (unpaired) electrons. The van der Waals surface area contributed by atoms with Crippen LogP contribution in [0.4, 0.5) is 13.2 Å². The molecule has 1 rings (SSSR count). The average Bonchev–Trinajstić information content (AvgIpc) is 2.50. The number of carbonyl (C=O) groups is 2. The van der Waals surface area contributed by atoms with Crippen molar-refractivity contribution in [2.24, 2.45) is 5.92 Å². The summed E-state index contributed by atoms with van der Waals surface area (Å²) in [5, 5.41) is 9.80. The number of carbonyl (C=O) groups excluding carboxylic acids is 2. The number of hydrogen-bond acceptors (Lipinski definition) is 6. The largest absolute Gasteiger partial charge is 0.573 e. The SMILES string of the molecule is COC(=O)[C@@H](O)[C@@H](Cc1ccc(OC(F)(F)F)cc1)C(=O)OC. The number of rotatable bonds is 6. The van der Waals surface area contributed by atoms with Gasteiger partial charge >= 0.3 is 18.3 Å². The zero-order valence-corrected chi connectivity index (χ0v) is 12.3. The van der Waals surface area contributed by atoms with Crippen LogP contribution in [0.2, 0.25) is 0 Å². The highest BCUT2D eigenvalue weighted by Gasteiger charge is 2.34. The van der Waals surface area contributed by atoms with Crippen molar-refractivity contribution in [3.63, 3.8) is 0 Å². The van der Waals surface area contributed by atoms with Gasteiger partial charge in [0, 0.05) is 0 Å². The van der Waals surface area contributed by atoms with Gasteiger partial charge in [0.2, 0.25) is 0 Å². The van der Waals surface area contributed by atoms with Crippen molar-refractivity contribution in [1.82, 2.24) is 0 Å². The van der Waals surface area contributed by atoms with E-state index >= 15 is 0 Å². The Morgan fingerprint density at radius 3 is 2.04 bits per heavy atom. The van der Waals surface area contributed by atoms with Gasteiger partial charge in [0.1, 0.15) is 5.75 Å². The molecular weight excluding hydrogens is 321 g/mol. The van der Waals surface area contributed by atoms with E-state index in [0.29, 0.717) is 5.56 Å². The van der Waals surface area contributed by atoms with Crippen LogP contribution in [0.25, 0.3) is 0 Å². The van der Waals surface area contributed by atoms with Crippen LogP contribution in [0.1, 0.15) is 5.56 Å². The molecule has 0 aliphatic rings. The number of methoxy groups -OCH3 is 2. The predicted molar refractivity (Wildman–Crippen MR) is 70.4 cm³/mol. The molecule has 1 aromatic rings. The lowest BCUT2D eigenvalue weighted by Crippen LogP contribution is -2.37. The first-order valence-electron chi connectivity index (χ1n) is 6.36. The van der Waals surface area contributed by atoms with E-state index in [-0.39, 0.29) is 6.42 Å². The summed E-state index contributed by atoms with van der Waals surface area (Å²) in [4.78, 5) is 23.0. The summed E-state index contributed by atoms with van der Waals surface area (Å²) >= 11 is 0. The number of esters is 2. The maximum Gasteiger partial charge on any atom is 0.573 e. The number of hydrogen-bond donors (Lipinski definition) is 1. The summed E-state index contributed by atoms with van der Waals surface area (Å²) in [6.45, 7) is 0. The standard InChI is InChI=1S/C14H15F3O6/c1-21-12(19)10(11(18)13(20)22-2)7-8-3-5-9(6-4-8)23-14(15,16)17/h3-6,10-11,18H,7H2,1-2H3/t10-,11+/m1/s1. The third-order valence-corrected chi connectivity index (χ3v) is 2.94. The minimum Gasteiger partial charge on any atom is -0.469 e. The molecule has 128 valence electrons. The van der Waals surface area contributed by atoms with Gasteiger partial charge in [-0.05, 0) is 24.1 Å². The Balaban J connectivity index is 2.87. The number of halogens is 3. The monoisotopic (exact) mass is 336 g/mol. The fourth-order valence-corrected chi connectivity index (χ4v) is 1.84. The predicted octanol–water partition coefficient (Wildman–Crippen LogP) is 1.45. The van der Waals surface area contributed by atoms with Gasteiger partial charge in [-0.15, -0.1) is 13.2 Å². The molecule has 0 saturated carbocycles. The zero-order valence-electron chi connectivity index (χ0n) is 12.3. The lowest BCUT2D eigenvalue weighted by atomic mass is 9.94. The third kappa shape index (κ3) is 5.78. The first kappa shape index (κ1) is 18.8. The van der Waals surface area contributed by atoms with Crippen LogP contribution in [0.3, 0.4) is 0 Å². The number of aliphatic hydroxyl groups excluding tert-OH is 1. The molecule has 0 unspecified atom stereocenters. The van der Waals surface area contributed by atoms with Gasteiger partial charge in [0.05, 0.1) is 20.1 Å². The average molecular weight is 336 g/mol. The van der Waals surface area contributed by atoms with Crippen LogP contribution in [0, 0.1) is 5.92 Å². The van der Waals surface area contributed by atoms with Crippen molar-refractivity contribution in [2.75, 3.05) is 14.2 Å². The fourth-order valence-electron chi connectivity index (χ4n) is 1.84. The summed E-state index contributed by atoms with van der Waals surface area (Å²) in [6, 6.07) is 4.67. The molecular formula is C14H15F3O6. The first-order valence-corrected chi connectivity index (χ1v) is 6.36. The molecule has 2 atom stereocenters. The highest BCUT2D eigenvalue weighted by molar-refractivity contribution is 5.83. The first-order chi connectivity index (χ1) is 10.7. The van der Waals surface area contributed by atoms with Crippen molar-refractivity contribution in [1.29, 1.82) is 0 Å². The van der Waals surface area contributed by atoms with E-state index in [0.717, 1.165) is 26.4 Å². The Labute approximate surface area is 129 Å². The second-order valence-electron chi connectivity index (χ2n) is 4.49. The van der Waals surface area contributed by atoms with Gasteiger partial charge in [0.15, 0.2) is 6.10 Å². The van der Waals surface area contributed by atoms with Crippen molar-refractivity contribution >= 4 is 11.9 Å². The topological polar surface area (TPSA) is 82.1 Å². The molecule has 9 heteroatoms. The number of ether oxygens (including phenoxy) is 3. The van der Waals surface area contributed by atoms with E-state index in [1.165, 1.54) is 12.1 Å². The molecule has 0 heterocycles. The van der Waals surface area contributed by atoms with Gasteiger partial charge in [-0.2, -0.15) is 0 Å². The molecule has 6 nitrogen and oxygen atoms in total. The van der Waals surface area contributed by atoms with E-state index in [2.05, 4.69) is 14.2 Å². The van der Waals surface area contributed by atoms with Crippen molar-refractivity contribution < 1.29 is 42.1 Å². The minimum absolute atomic E-state index is 0.130. The maximum absolute atomic E-state index is 12.1. The number of benzene rings is 1. The van der Waals surface area contributed by atoms with Gasteiger partial charge in [-0.1, -0.05) is 12.1 Å². The van der Waals surface area contributed by atoms with E-state index in [9.17, 15) is 27.9 Å².